The van der Waals surface area contributed by atoms with Gasteiger partial charge in [-0.25, -0.2) is 0 Å². The lowest BCUT2D eigenvalue weighted by molar-refractivity contribution is -0.110. The van der Waals surface area contributed by atoms with Crippen molar-refractivity contribution in [1.82, 2.24) is 4.90 Å². The van der Waals surface area contributed by atoms with Crippen LogP contribution in [0.3, 0.4) is 0 Å². The van der Waals surface area contributed by atoms with Gasteiger partial charge in [0.25, 0.3) is 0 Å². The SMILES string of the molecule is CCc1cc2c(s1)CCO[C@@]21CCN(CC)[C@@H](C)C1. The molecule has 2 atom stereocenters. The summed E-state index contributed by atoms with van der Waals surface area (Å²) in [5.41, 5.74) is 1.56. The van der Waals surface area contributed by atoms with Crippen LogP contribution in [0, 0.1) is 0 Å². The summed E-state index contributed by atoms with van der Waals surface area (Å²) in [6, 6.07) is 3.07. The van der Waals surface area contributed by atoms with E-state index in [0.717, 1.165) is 38.8 Å². The van der Waals surface area contributed by atoms with Crippen LogP contribution in [0.25, 0.3) is 0 Å². The van der Waals surface area contributed by atoms with E-state index in [0.29, 0.717) is 6.04 Å². The number of fused-ring (bicyclic) bond motifs is 2. The molecule has 0 amide bonds. The van der Waals surface area contributed by atoms with Gasteiger partial charge in [0, 0.05) is 28.8 Å². The van der Waals surface area contributed by atoms with Crippen LogP contribution < -0.4 is 0 Å². The molecule has 0 saturated carbocycles. The second-order valence-electron chi connectivity index (χ2n) is 5.93. The topological polar surface area (TPSA) is 12.5 Å². The molecule has 1 fully saturated rings. The second kappa shape index (κ2) is 5.19. The molecule has 1 spiro atoms. The molecular weight excluding hydrogens is 254 g/mol. The lowest BCUT2D eigenvalue weighted by Gasteiger charge is -2.47. The van der Waals surface area contributed by atoms with Gasteiger partial charge in [-0.2, -0.15) is 0 Å². The van der Waals surface area contributed by atoms with Crippen LogP contribution >= 0.6 is 11.3 Å². The minimum Gasteiger partial charge on any atom is -0.370 e. The molecule has 2 aliphatic rings. The molecule has 0 aliphatic carbocycles. The molecule has 0 unspecified atom stereocenters. The smallest absolute Gasteiger partial charge is 0.0969 e. The van der Waals surface area contributed by atoms with Crippen LogP contribution in [0.1, 0.15) is 48.9 Å². The van der Waals surface area contributed by atoms with Crippen molar-refractivity contribution in [3.63, 3.8) is 0 Å². The highest BCUT2D eigenvalue weighted by molar-refractivity contribution is 7.12. The van der Waals surface area contributed by atoms with E-state index in [9.17, 15) is 0 Å². The molecule has 1 aromatic heterocycles. The highest BCUT2D eigenvalue weighted by Crippen LogP contribution is 2.46. The predicted octanol–water partition coefficient (Wildman–Crippen LogP) is 3.58. The van der Waals surface area contributed by atoms with E-state index in [-0.39, 0.29) is 5.60 Å². The van der Waals surface area contributed by atoms with Crippen LogP contribution in [-0.2, 0) is 23.2 Å². The van der Waals surface area contributed by atoms with E-state index in [1.54, 1.807) is 4.88 Å². The molecule has 3 heteroatoms. The van der Waals surface area contributed by atoms with Gasteiger partial charge in [0.2, 0.25) is 0 Å². The van der Waals surface area contributed by atoms with Gasteiger partial charge in [0.15, 0.2) is 0 Å². The number of likely N-dealkylation sites (tertiary alicyclic amines) is 1. The van der Waals surface area contributed by atoms with Gasteiger partial charge < -0.3 is 9.64 Å². The van der Waals surface area contributed by atoms with Crippen molar-refractivity contribution in [3.8, 4) is 0 Å². The highest BCUT2D eigenvalue weighted by Gasteiger charge is 2.43. The molecule has 0 N–H and O–H groups in total. The Morgan fingerprint density at radius 3 is 3.00 bits per heavy atom. The number of hydrogen-bond acceptors (Lipinski definition) is 3. The van der Waals surface area contributed by atoms with Crippen molar-refractivity contribution in [2.24, 2.45) is 0 Å². The van der Waals surface area contributed by atoms with Crippen molar-refractivity contribution in [1.29, 1.82) is 0 Å². The quantitative estimate of drug-likeness (QED) is 0.820. The van der Waals surface area contributed by atoms with E-state index in [1.807, 2.05) is 11.3 Å². The number of rotatable bonds is 2. The highest BCUT2D eigenvalue weighted by atomic mass is 32.1. The van der Waals surface area contributed by atoms with Crippen molar-refractivity contribution in [2.75, 3.05) is 19.7 Å². The molecule has 3 rings (SSSR count). The standard InChI is InChI=1S/C16H25NOS/c1-4-13-10-14-15(19-13)6-9-18-16(14)7-8-17(5-2)12(3)11-16/h10,12H,4-9,11H2,1-3H3/t12-,16+/m0/s1. The maximum absolute atomic E-state index is 6.33. The summed E-state index contributed by atoms with van der Waals surface area (Å²) in [6.45, 7) is 10.1. The third-order valence-electron chi connectivity index (χ3n) is 4.86. The van der Waals surface area contributed by atoms with E-state index < -0.39 is 0 Å². The summed E-state index contributed by atoms with van der Waals surface area (Å²) >= 11 is 2.02. The third kappa shape index (κ3) is 2.26. The molecule has 1 aromatic rings. The Morgan fingerprint density at radius 2 is 2.32 bits per heavy atom. The normalized spacial score (nSPS) is 31.6. The first-order valence-electron chi connectivity index (χ1n) is 7.68. The Balaban J connectivity index is 1.92. The molecule has 19 heavy (non-hydrogen) atoms. The zero-order chi connectivity index (χ0) is 13.5. The monoisotopic (exact) mass is 279 g/mol. The Labute approximate surface area is 120 Å². The van der Waals surface area contributed by atoms with Gasteiger partial charge in [0.1, 0.15) is 0 Å². The fourth-order valence-corrected chi connectivity index (χ4v) is 4.92. The molecular formula is C16H25NOS. The first kappa shape index (κ1) is 13.6. The fraction of sp³-hybridized carbons (Fsp3) is 0.750. The van der Waals surface area contributed by atoms with E-state index >= 15 is 0 Å². The number of piperidine rings is 1. The fourth-order valence-electron chi connectivity index (χ4n) is 3.75. The summed E-state index contributed by atoms with van der Waals surface area (Å²) in [5.74, 6) is 0. The second-order valence-corrected chi connectivity index (χ2v) is 7.15. The molecule has 2 nitrogen and oxygen atoms in total. The summed E-state index contributed by atoms with van der Waals surface area (Å²) in [4.78, 5) is 5.71. The number of ether oxygens (including phenoxy) is 1. The Hall–Kier alpha value is -0.380. The average molecular weight is 279 g/mol. The summed E-state index contributed by atoms with van der Waals surface area (Å²) in [6.07, 6.45) is 4.60. The minimum absolute atomic E-state index is 0.0303. The van der Waals surface area contributed by atoms with Gasteiger partial charge in [0.05, 0.1) is 12.2 Å². The largest absolute Gasteiger partial charge is 0.370 e. The molecule has 1 saturated heterocycles. The van der Waals surface area contributed by atoms with Gasteiger partial charge in [-0.05, 0) is 44.4 Å². The summed E-state index contributed by atoms with van der Waals surface area (Å²) < 4.78 is 6.33. The molecule has 0 aromatic carbocycles. The van der Waals surface area contributed by atoms with Gasteiger partial charge in [-0.3, -0.25) is 0 Å². The zero-order valence-corrected chi connectivity index (χ0v) is 13.2. The molecule has 0 bridgehead atoms. The lowest BCUT2D eigenvalue weighted by atomic mass is 9.79. The third-order valence-corrected chi connectivity index (χ3v) is 6.20. The number of aryl methyl sites for hydroxylation is 1. The predicted molar refractivity (Wildman–Crippen MR) is 81.0 cm³/mol. The minimum atomic E-state index is 0.0303. The first-order valence-corrected chi connectivity index (χ1v) is 8.50. The summed E-state index contributed by atoms with van der Waals surface area (Å²) in [5, 5.41) is 0. The van der Waals surface area contributed by atoms with Gasteiger partial charge in [-0.1, -0.05) is 13.8 Å². The molecule has 0 radical (unpaired) electrons. The lowest BCUT2D eigenvalue weighted by Crippen LogP contribution is -2.50. The summed E-state index contributed by atoms with van der Waals surface area (Å²) in [7, 11) is 0. The van der Waals surface area contributed by atoms with Crippen LogP contribution in [0.5, 0.6) is 0 Å². The molecule has 2 aliphatic heterocycles. The molecule has 3 heterocycles. The van der Waals surface area contributed by atoms with E-state index in [2.05, 4.69) is 31.7 Å². The Kier molecular flexibility index (Phi) is 3.71. The Bertz CT molecular complexity index is 456. The van der Waals surface area contributed by atoms with Crippen molar-refractivity contribution < 1.29 is 4.74 Å². The van der Waals surface area contributed by atoms with Crippen LogP contribution in [0.15, 0.2) is 6.07 Å². The Morgan fingerprint density at radius 1 is 1.47 bits per heavy atom. The van der Waals surface area contributed by atoms with Gasteiger partial charge >= 0.3 is 0 Å². The maximum Gasteiger partial charge on any atom is 0.0969 e. The first-order chi connectivity index (χ1) is 9.18. The van der Waals surface area contributed by atoms with Gasteiger partial charge in [-0.15, -0.1) is 11.3 Å². The van der Waals surface area contributed by atoms with E-state index in [1.165, 1.54) is 17.0 Å². The van der Waals surface area contributed by atoms with Crippen molar-refractivity contribution in [2.45, 2.75) is 58.1 Å². The van der Waals surface area contributed by atoms with Crippen molar-refractivity contribution in [3.05, 3.63) is 21.4 Å². The molecule has 106 valence electrons. The van der Waals surface area contributed by atoms with Crippen molar-refractivity contribution >= 4 is 11.3 Å². The number of hydrogen-bond donors (Lipinski definition) is 0. The van der Waals surface area contributed by atoms with Crippen LogP contribution in [0.4, 0.5) is 0 Å². The number of nitrogens with zero attached hydrogens (tertiary/aromatic N) is 1. The van der Waals surface area contributed by atoms with Crippen LogP contribution in [0.2, 0.25) is 0 Å². The number of thiophene rings is 1. The maximum atomic E-state index is 6.33. The average Bonchev–Trinajstić information content (AvgIpc) is 2.84. The van der Waals surface area contributed by atoms with E-state index in [4.69, 9.17) is 4.74 Å². The van der Waals surface area contributed by atoms with Crippen LogP contribution in [-0.4, -0.2) is 30.6 Å². The zero-order valence-electron chi connectivity index (χ0n) is 12.4.